The molecule has 0 atom stereocenters. The topological polar surface area (TPSA) is 292 Å². The Labute approximate surface area is 350 Å². The quantitative estimate of drug-likeness (QED) is 0.0277. The molecule has 0 saturated heterocycles. The van der Waals surface area contributed by atoms with Crippen molar-refractivity contribution in [2.45, 2.75) is 55.2 Å². The van der Waals surface area contributed by atoms with Crippen molar-refractivity contribution in [1.82, 2.24) is 20.6 Å². The van der Waals surface area contributed by atoms with Gasteiger partial charge >= 0.3 is 0 Å². The number of nitrogens with two attached hydrogens (primary N) is 3. The van der Waals surface area contributed by atoms with Crippen molar-refractivity contribution in [1.29, 1.82) is 10.8 Å². The third-order valence-electron chi connectivity index (χ3n) is 7.38. The van der Waals surface area contributed by atoms with Gasteiger partial charge in [0.05, 0.1) is 38.4 Å². The van der Waals surface area contributed by atoms with Crippen LogP contribution < -0.4 is 49.1 Å². The Balaban J connectivity index is 1.79. The predicted molar refractivity (Wildman–Crippen MR) is 232 cm³/mol. The maximum Gasteiger partial charge on any atom is 0.274 e. The molecule has 1 heterocycles. The number of unbranched alkanes of at least 4 members (excludes halogenated alkanes) is 2. The lowest BCUT2D eigenvalue weighted by molar-refractivity contribution is -0.117. The van der Waals surface area contributed by atoms with Gasteiger partial charge in [-0.15, -0.1) is 23.5 Å². The van der Waals surface area contributed by atoms with Gasteiger partial charge in [-0.2, -0.15) is 0 Å². The molecule has 4 amide bonds. The van der Waals surface area contributed by atoms with Gasteiger partial charge in [0.2, 0.25) is 11.8 Å². The standard InChI is InChI=1S/C35H47Br2N13O4S2/c1-20(40)43-10-4-2-6-29(51)47-23-14-21(36)16-25(31(23)55-12-8-38)49-33(53)27-18-28(46-19-45-27)34(54)50-26-17-22(37)15-24(32(26)56-13-9-39)48-30(52)7-3-5-11-44-35(41)42/h14-19H,2-13,38-39H2,1H3,(H2,40,43)(H,47,51)(H,48,52)(H,49,53)(H,50,54)(H4,41,42,44). The lowest BCUT2D eigenvalue weighted by atomic mass is 10.2. The maximum absolute atomic E-state index is 13.6. The number of carbonyl (C=O) groups is 4. The number of thioether (sulfide) groups is 2. The number of hydrogen-bond donors (Lipinski definition) is 11. The third kappa shape index (κ3) is 16.1. The summed E-state index contributed by atoms with van der Waals surface area (Å²) in [5.74, 6) is -0.428. The van der Waals surface area contributed by atoms with Crippen LogP contribution in [0.2, 0.25) is 0 Å². The molecule has 0 fully saturated rings. The number of guanidine groups is 1. The smallest absolute Gasteiger partial charge is 0.274 e. The lowest BCUT2D eigenvalue weighted by Gasteiger charge is -2.17. The molecule has 0 bridgehead atoms. The Bertz CT molecular complexity index is 1760. The minimum atomic E-state index is -0.625. The summed E-state index contributed by atoms with van der Waals surface area (Å²) < 4.78 is 1.19. The van der Waals surface area contributed by atoms with Crippen LogP contribution in [0.5, 0.6) is 0 Å². The third-order valence-corrected chi connectivity index (χ3v) is 10.6. The molecule has 302 valence electrons. The van der Waals surface area contributed by atoms with Crippen LogP contribution in [0.25, 0.3) is 0 Å². The summed E-state index contributed by atoms with van der Waals surface area (Å²) in [6.45, 7) is 3.44. The van der Waals surface area contributed by atoms with Crippen molar-refractivity contribution in [3.05, 3.63) is 57.0 Å². The molecule has 56 heavy (non-hydrogen) atoms. The summed E-state index contributed by atoms with van der Waals surface area (Å²) in [6.07, 6.45) is 4.16. The van der Waals surface area contributed by atoms with Crippen molar-refractivity contribution in [3.8, 4) is 0 Å². The second-order valence-corrected chi connectivity index (χ2v) is 16.1. The van der Waals surface area contributed by atoms with Crippen LogP contribution in [0.4, 0.5) is 22.7 Å². The number of nitrogens with one attached hydrogen (secondary N) is 8. The fourth-order valence-corrected chi connectivity index (χ4v) is 7.54. The van der Waals surface area contributed by atoms with E-state index in [0.717, 1.165) is 12.7 Å². The van der Waals surface area contributed by atoms with Crippen molar-refractivity contribution >= 4 is 114 Å². The van der Waals surface area contributed by atoms with E-state index in [-0.39, 0.29) is 42.0 Å². The monoisotopic (exact) mass is 935 g/mol. The number of benzene rings is 2. The number of aromatic nitrogens is 2. The van der Waals surface area contributed by atoms with Gasteiger partial charge in [0, 0.05) is 65.5 Å². The first-order valence-corrected chi connectivity index (χ1v) is 21.1. The summed E-state index contributed by atoms with van der Waals surface area (Å²) in [6, 6.07) is 8.13. The average Bonchev–Trinajstić information content (AvgIpc) is 3.13. The Morgan fingerprint density at radius 2 is 1.07 bits per heavy atom. The van der Waals surface area contributed by atoms with Crippen LogP contribution in [0, 0.1) is 10.8 Å². The van der Waals surface area contributed by atoms with Crippen molar-refractivity contribution in [2.75, 3.05) is 59.0 Å². The van der Waals surface area contributed by atoms with E-state index in [1.807, 2.05) is 0 Å². The number of halogens is 2. The molecule has 0 radical (unpaired) electrons. The van der Waals surface area contributed by atoms with Gasteiger partial charge in [0.1, 0.15) is 17.7 Å². The van der Waals surface area contributed by atoms with Gasteiger partial charge in [-0.1, -0.05) is 31.9 Å². The highest BCUT2D eigenvalue weighted by Gasteiger charge is 2.21. The van der Waals surface area contributed by atoms with Crippen molar-refractivity contribution in [2.24, 2.45) is 17.2 Å². The SMILES string of the molecule is CC(=N)NCCCCC(=O)Nc1cc(Br)cc(NC(=O)c2cc(C(=O)Nc3cc(Br)cc(NC(=O)CCCCNC(=N)N)c3SCCN)ncn2)c1SCCN. The zero-order chi connectivity index (χ0) is 41.0. The maximum atomic E-state index is 13.6. The average molecular weight is 938 g/mol. The lowest BCUT2D eigenvalue weighted by Crippen LogP contribution is -2.30. The normalized spacial score (nSPS) is 10.7. The van der Waals surface area contributed by atoms with Crippen LogP contribution in [-0.2, 0) is 9.59 Å². The van der Waals surface area contributed by atoms with E-state index in [2.05, 4.69) is 73.7 Å². The first-order chi connectivity index (χ1) is 26.8. The fraction of sp³-hybridized carbons (Fsp3) is 0.371. The Hall–Kier alpha value is -4.28. The molecule has 14 N–H and O–H groups in total. The number of nitrogens with zero attached hydrogens (tertiary/aromatic N) is 2. The van der Waals surface area contributed by atoms with Gasteiger partial charge in [-0.3, -0.25) is 30.0 Å². The largest absolute Gasteiger partial charge is 0.374 e. The number of hydrogen-bond acceptors (Lipinski definition) is 12. The molecule has 3 aromatic rings. The molecule has 21 heteroatoms. The summed E-state index contributed by atoms with van der Waals surface area (Å²) in [5, 5.41) is 31.9. The first-order valence-electron chi connectivity index (χ1n) is 17.5. The van der Waals surface area contributed by atoms with E-state index in [9.17, 15) is 19.2 Å². The minimum absolute atomic E-state index is 0.0855. The van der Waals surface area contributed by atoms with Crippen LogP contribution >= 0.6 is 55.4 Å². The van der Waals surface area contributed by atoms with E-state index < -0.39 is 11.8 Å². The van der Waals surface area contributed by atoms with E-state index in [0.29, 0.717) is 104 Å². The predicted octanol–water partition coefficient (Wildman–Crippen LogP) is 4.90. The summed E-state index contributed by atoms with van der Waals surface area (Å²) in [7, 11) is 0. The van der Waals surface area contributed by atoms with Crippen molar-refractivity contribution in [3.63, 3.8) is 0 Å². The number of rotatable bonds is 22. The number of carbonyl (C=O) groups excluding carboxylic acids is 4. The van der Waals surface area contributed by atoms with E-state index in [4.69, 9.17) is 28.0 Å². The number of amides is 4. The highest BCUT2D eigenvalue weighted by Crippen LogP contribution is 2.39. The van der Waals surface area contributed by atoms with Crippen LogP contribution in [0.15, 0.2) is 55.4 Å². The van der Waals surface area contributed by atoms with Crippen LogP contribution in [0.1, 0.15) is 66.4 Å². The Morgan fingerprint density at radius 3 is 1.46 bits per heavy atom. The summed E-state index contributed by atoms with van der Waals surface area (Å²) in [4.78, 5) is 62.3. The second kappa shape index (κ2) is 24.4. The highest BCUT2D eigenvalue weighted by atomic mass is 79.9. The highest BCUT2D eigenvalue weighted by molar-refractivity contribution is 9.10. The first kappa shape index (κ1) is 46.1. The minimum Gasteiger partial charge on any atom is -0.374 e. The van der Waals surface area contributed by atoms with E-state index in [1.54, 1.807) is 31.2 Å². The van der Waals surface area contributed by atoms with Gasteiger partial charge < -0.3 is 49.1 Å². The Kier molecular flexibility index (Phi) is 20.1. The van der Waals surface area contributed by atoms with Gasteiger partial charge in [0.15, 0.2) is 5.96 Å². The van der Waals surface area contributed by atoms with E-state index >= 15 is 0 Å². The fourth-order valence-electron chi connectivity index (χ4n) is 4.92. The van der Waals surface area contributed by atoms with Gasteiger partial charge in [-0.25, -0.2) is 9.97 Å². The summed E-state index contributed by atoms with van der Waals surface area (Å²) in [5.41, 5.74) is 18.5. The molecule has 0 spiro atoms. The Morgan fingerprint density at radius 1 is 0.661 bits per heavy atom. The molecule has 3 rings (SSSR count). The zero-order valence-electron chi connectivity index (χ0n) is 30.8. The molecule has 0 aliphatic rings. The molecule has 0 aliphatic heterocycles. The molecular weight excluding hydrogens is 890 g/mol. The molecule has 1 aromatic heterocycles. The van der Waals surface area contributed by atoms with E-state index in [1.165, 1.54) is 29.6 Å². The molecule has 2 aromatic carbocycles. The zero-order valence-corrected chi connectivity index (χ0v) is 35.6. The van der Waals surface area contributed by atoms with Gasteiger partial charge in [0.25, 0.3) is 11.8 Å². The molecule has 0 unspecified atom stereocenters. The van der Waals surface area contributed by atoms with Crippen LogP contribution in [0.3, 0.4) is 0 Å². The molecular formula is C35H47Br2N13O4S2. The molecule has 0 aliphatic carbocycles. The number of amidine groups is 1. The van der Waals surface area contributed by atoms with Gasteiger partial charge in [-0.05, 0) is 56.9 Å². The summed E-state index contributed by atoms with van der Waals surface area (Å²) >= 11 is 9.66. The van der Waals surface area contributed by atoms with Crippen LogP contribution in [-0.4, -0.2) is 83.1 Å². The second-order valence-electron chi connectivity index (χ2n) is 12.0. The number of anilines is 4. The molecule has 17 nitrogen and oxygen atoms in total. The molecule has 0 saturated carbocycles. The van der Waals surface area contributed by atoms with Crippen molar-refractivity contribution < 1.29 is 19.2 Å².